The fourth-order valence-corrected chi connectivity index (χ4v) is 41.9. The molecule has 0 heterocycles. The van der Waals surface area contributed by atoms with Crippen LogP contribution in [0.5, 0.6) is 0 Å². The van der Waals surface area contributed by atoms with Crippen molar-refractivity contribution >= 4 is 35.1 Å². The van der Waals surface area contributed by atoms with E-state index in [0.29, 0.717) is 11.8 Å². The first-order valence-corrected chi connectivity index (χ1v) is 31.7. The van der Waals surface area contributed by atoms with E-state index in [0.717, 1.165) is 0 Å². The molecular weight excluding hydrogens is 599 g/mol. The van der Waals surface area contributed by atoms with Crippen molar-refractivity contribution in [3.63, 3.8) is 0 Å². The summed E-state index contributed by atoms with van der Waals surface area (Å²) in [4.78, 5) is 0. The minimum atomic E-state index is -4.53. The number of allylic oxidation sites excluding steroid dienone is 2. The van der Waals surface area contributed by atoms with Gasteiger partial charge in [-0.25, -0.2) is 0 Å². The summed E-state index contributed by atoms with van der Waals surface area (Å²) in [7, 11) is 16.8. The molecule has 2 fully saturated rings. The molecule has 203 valence electrons. The summed E-state index contributed by atoms with van der Waals surface area (Å²) >= 11 is -4.53. The van der Waals surface area contributed by atoms with Gasteiger partial charge in [-0.15, -0.1) is 0 Å². The van der Waals surface area contributed by atoms with Crippen molar-refractivity contribution < 1.29 is 15.6 Å². The molecule has 0 aliphatic heterocycles. The van der Waals surface area contributed by atoms with Crippen LogP contribution in [0.1, 0.15) is 131 Å². The Hall–Kier alpha value is -0.400. The van der Waals surface area contributed by atoms with E-state index in [9.17, 15) is 0 Å². The van der Waals surface area contributed by atoms with Gasteiger partial charge in [0.05, 0.1) is 0 Å². The molecule has 4 heteroatoms. The van der Waals surface area contributed by atoms with E-state index in [1.165, 1.54) is 97.6 Å². The van der Waals surface area contributed by atoms with E-state index in [1.807, 2.05) is 0 Å². The van der Waals surface area contributed by atoms with Gasteiger partial charge in [-0.1, -0.05) is 0 Å². The number of rotatable bonds is 5. The Balaban J connectivity index is 1.48. The van der Waals surface area contributed by atoms with E-state index in [2.05, 4.69) is 75.5 Å². The van der Waals surface area contributed by atoms with E-state index >= 15 is 0 Å². The summed E-state index contributed by atoms with van der Waals surface area (Å²) in [5, 5.41) is 0. The van der Waals surface area contributed by atoms with Crippen LogP contribution in [0.2, 0.25) is 13.1 Å². The molecule has 0 amide bonds. The SMILES string of the molecule is CC1=Cc2c(C3CCCCC3)cccc2[CH]1[Zr]([Cl])([Cl])([CH]1C(C)=Cc2c(C3CCCCC3)cccc21)[SiH](C)C. The Morgan fingerprint density at radius 2 is 0.974 bits per heavy atom. The van der Waals surface area contributed by atoms with Crippen LogP contribution in [0.4, 0.5) is 0 Å². The Morgan fingerprint density at radius 3 is 1.34 bits per heavy atom. The predicted octanol–water partition coefficient (Wildman–Crippen LogP) is 11.4. The molecule has 0 bridgehead atoms. The van der Waals surface area contributed by atoms with E-state index < -0.39 is 21.5 Å². The van der Waals surface area contributed by atoms with Crippen molar-refractivity contribution in [1.29, 1.82) is 0 Å². The number of fused-ring (bicyclic) bond motifs is 2. The molecule has 4 aliphatic rings. The summed E-state index contributed by atoms with van der Waals surface area (Å²) in [6.45, 7) is 9.63. The van der Waals surface area contributed by atoms with Gasteiger partial charge >= 0.3 is 242 Å². The van der Waals surface area contributed by atoms with Crippen molar-refractivity contribution in [1.82, 2.24) is 0 Å². The normalized spacial score (nSPS) is 25.5. The Kier molecular flexibility index (Phi) is 7.64. The second-order valence-corrected chi connectivity index (χ2v) is 55.9. The minimum absolute atomic E-state index is 0.225. The van der Waals surface area contributed by atoms with Crippen molar-refractivity contribution in [2.45, 2.75) is 110 Å². The van der Waals surface area contributed by atoms with Crippen LogP contribution in [0.3, 0.4) is 0 Å². The van der Waals surface area contributed by atoms with Crippen LogP contribution >= 0.6 is 17.0 Å². The second kappa shape index (κ2) is 10.5. The number of hydrogen-bond donors (Lipinski definition) is 0. The fourth-order valence-electron chi connectivity index (χ4n) is 8.99. The first-order chi connectivity index (χ1) is 18.2. The van der Waals surface area contributed by atoms with Crippen LogP contribution < -0.4 is 0 Å². The predicted molar refractivity (Wildman–Crippen MR) is 168 cm³/mol. The van der Waals surface area contributed by atoms with Gasteiger partial charge < -0.3 is 0 Å². The summed E-state index contributed by atoms with van der Waals surface area (Å²) in [6.07, 6.45) is 18.5. The van der Waals surface area contributed by atoms with Crippen molar-refractivity contribution in [3.8, 4) is 0 Å². The molecule has 2 unspecified atom stereocenters. The maximum atomic E-state index is 8.42. The molecule has 38 heavy (non-hydrogen) atoms. The number of hydrogen-bond acceptors (Lipinski definition) is 0. The van der Waals surface area contributed by atoms with Gasteiger partial charge in [0, 0.05) is 0 Å². The molecule has 0 spiro atoms. The molecule has 6 rings (SSSR count). The molecule has 2 atom stereocenters. The molecule has 4 aliphatic carbocycles. The quantitative estimate of drug-likeness (QED) is 0.284. The van der Waals surface area contributed by atoms with Gasteiger partial charge in [-0.05, 0) is 0 Å². The molecule has 0 radical (unpaired) electrons. The standard InChI is InChI=1S/2C16H19.C2H7Si.2ClH.Zr/c2*1-12-10-14-8-5-9-15(16(14)11-12)13-6-3-2-4-7-13;1-3-2;;;/h2*5,8-11,13H,2-4,6-7H2,1H3;3H,1-2H3;2*1H;/q;;;;;+2/p-2. The maximum absolute atomic E-state index is 8.42. The number of benzene rings is 2. The van der Waals surface area contributed by atoms with Crippen LogP contribution in [-0.2, 0) is 15.6 Å². The fraction of sp³-hybridized carbons (Fsp3) is 0.529. The molecule has 0 N–H and O–H groups in total. The molecule has 2 aromatic rings. The van der Waals surface area contributed by atoms with E-state index in [-0.39, 0.29) is 7.25 Å². The zero-order valence-corrected chi connectivity index (χ0v) is 29.0. The summed E-state index contributed by atoms with van der Waals surface area (Å²) in [5.41, 5.74) is 11.9. The monoisotopic (exact) mass is 641 g/mol. The van der Waals surface area contributed by atoms with E-state index in [4.69, 9.17) is 17.0 Å². The summed E-state index contributed by atoms with van der Waals surface area (Å²) in [6, 6.07) is 14.2. The Bertz CT molecular complexity index is 1200. The first kappa shape index (κ1) is 27.8. The van der Waals surface area contributed by atoms with Gasteiger partial charge in [0.1, 0.15) is 0 Å². The van der Waals surface area contributed by atoms with Crippen molar-refractivity contribution in [3.05, 3.63) is 80.9 Å². The van der Waals surface area contributed by atoms with Crippen LogP contribution in [-0.4, -0.2) is 5.92 Å². The molecule has 2 aromatic carbocycles. The first-order valence-electron chi connectivity index (χ1n) is 15.4. The Morgan fingerprint density at radius 1 is 0.605 bits per heavy atom. The number of halogens is 2. The summed E-state index contributed by atoms with van der Waals surface area (Å²) < 4.78 is 0.449. The van der Waals surface area contributed by atoms with Gasteiger partial charge in [-0.3, -0.25) is 0 Å². The third-order valence-corrected chi connectivity index (χ3v) is 63.2. The van der Waals surface area contributed by atoms with Crippen molar-refractivity contribution in [2.24, 2.45) is 0 Å². The van der Waals surface area contributed by atoms with Gasteiger partial charge in [0.25, 0.3) is 0 Å². The van der Waals surface area contributed by atoms with Crippen LogP contribution in [0.25, 0.3) is 12.2 Å². The van der Waals surface area contributed by atoms with E-state index in [1.54, 1.807) is 11.1 Å². The topological polar surface area (TPSA) is 0 Å². The van der Waals surface area contributed by atoms with Gasteiger partial charge in [-0.2, -0.15) is 0 Å². The second-order valence-electron chi connectivity index (χ2n) is 13.4. The third kappa shape index (κ3) is 4.30. The zero-order chi connectivity index (χ0) is 26.7. The van der Waals surface area contributed by atoms with Crippen molar-refractivity contribution in [2.75, 3.05) is 0 Å². The zero-order valence-electron chi connectivity index (χ0n) is 23.8. The molecule has 0 nitrogen and oxygen atoms in total. The molecular formula is C34H45Cl2SiZr. The molecule has 0 aromatic heterocycles. The molecule has 0 saturated heterocycles. The van der Waals surface area contributed by atoms with Crippen LogP contribution in [0.15, 0.2) is 47.5 Å². The average Bonchev–Trinajstić information content (AvgIpc) is 3.46. The van der Waals surface area contributed by atoms with Gasteiger partial charge in [0.2, 0.25) is 0 Å². The average molecular weight is 644 g/mol. The third-order valence-electron chi connectivity index (χ3n) is 10.9. The van der Waals surface area contributed by atoms with Crippen LogP contribution in [0, 0.1) is 0 Å². The Labute approximate surface area is 240 Å². The molecule has 2 saturated carbocycles. The summed E-state index contributed by atoms with van der Waals surface area (Å²) in [5.74, 6) is -0.0757. The van der Waals surface area contributed by atoms with Gasteiger partial charge in [0.15, 0.2) is 0 Å².